The molecule has 0 spiro atoms. The fourth-order valence-corrected chi connectivity index (χ4v) is 3.99. The van der Waals surface area contributed by atoms with Crippen molar-refractivity contribution < 1.29 is 0 Å². The predicted molar refractivity (Wildman–Crippen MR) is 92.6 cm³/mol. The first kappa shape index (κ1) is 15.7. The van der Waals surface area contributed by atoms with Crippen molar-refractivity contribution in [3.05, 3.63) is 56.2 Å². The second kappa shape index (κ2) is 7.96. The summed E-state index contributed by atoms with van der Waals surface area (Å²) in [5.74, 6) is 0.646. The van der Waals surface area contributed by atoms with Gasteiger partial charge in [0.25, 0.3) is 0 Å². The number of halogens is 1. The number of hydrogen-bond donors (Lipinski definition) is 1. The van der Waals surface area contributed by atoms with Gasteiger partial charge >= 0.3 is 0 Å². The molecule has 0 saturated heterocycles. The van der Waals surface area contributed by atoms with Crippen LogP contribution in [-0.4, -0.2) is 13.1 Å². The second-order valence-electron chi connectivity index (χ2n) is 5.26. The van der Waals surface area contributed by atoms with Crippen LogP contribution < -0.4 is 5.32 Å². The molecule has 3 heteroatoms. The third-order valence-corrected chi connectivity index (χ3v) is 5.44. The Morgan fingerprint density at radius 3 is 2.50 bits per heavy atom. The summed E-state index contributed by atoms with van der Waals surface area (Å²) in [6.07, 6.45) is 2.27. The molecule has 0 bridgehead atoms. The third-order valence-electron chi connectivity index (χ3n) is 3.49. The van der Waals surface area contributed by atoms with E-state index < -0.39 is 0 Å². The van der Waals surface area contributed by atoms with Crippen molar-refractivity contribution >= 4 is 27.3 Å². The lowest BCUT2D eigenvalue weighted by Crippen LogP contribution is -2.25. The van der Waals surface area contributed by atoms with Gasteiger partial charge in [-0.3, -0.25) is 0 Å². The molecular formula is C17H22BrNS. The lowest BCUT2D eigenvalue weighted by Gasteiger charge is -2.17. The van der Waals surface area contributed by atoms with E-state index >= 15 is 0 Å². The van der Waals surface area contributed by atoms with Gasteiger partial charge in [0.05, 0.1) is 0 Å². The van der Waals surface area contributed by atoms with Gasteiger partial charge in [0.15, 0.2) is 0 Å². The molecule has 108 valence electrons. The molecule has 0 radical (unpaired) electrons. The van der Waals surface area contributed by atoms with Gasteiger partial charge in [0.1, 0.15) is 0 Å². The Labute approximate surface area is 134 Å². The lowest BCUT2D eigenvalue weighted by molar-refractivity contribution is 0.480. The van der Waals surface area contributed by atoms with Gasteiger partial charge in [-0.15, -0.1) is 11.3 Å². The van der Waals surface area contributed by atoms with Crippen LogP contribution in [0.25, 0.3) is 0 Å². The average Bonchev–Trinajstić information content (AvgIpc) is 2.84. The standard InChI is InChI=1S/C17H22BrNS/c1-3-19-12-15(11-17-16(18)8-9-20-17)10-14-6-4-13(2)5-7-14/h4-9,15,19H,3,10-12H2,1-2H3. The largest absolute Gasteiger partial charge is 0.317 e. The predicted octanol–water partition coefficient (Wildman–Crippen LogP) is 4.83. The summed E-state index contributed by atoms with van der Waals surface area (Å²) in [5.41, 5.74) is 2.77. The van der Waals surface area contributed by atoms with Crippen LogP contribution in [0.15, 0.2) is 40.2 Å². The van der Waals surface area contributed by atoms with E-state index in [0.29, 0.717) is 5.92 Å². The van der Waals surface area contributed by atoms with Crippen LogP contribution in [0.5, 0.6) is 0 Å². The Morgan fingerprint density at radius 2 is 1.90 bits per heavy atom. The van der Waals surface area contributed by atoms with Gasteiger partial charge in [-0.05, 0) is 71.7 Å². The number of hydrogen-bond acceptors (Lipinski definition) is 2. The Bertz CT molecular complexity index is 518. The first-order valence-corrected chi connectivity index (χ1v) is 8.84. The molecule has 0 aliphatic rings. The molecule has 1 atom stereocenters. The molecule has 0 aliphatic carbocycles. The smallest absolute Gasteiger partial charge is 0.0314 e. The Balaban J connectivity index is 2.03. The molecule has 0 fully saturated rings. The van der Waals surface area contributed by atoms with E-state index in [1.165, 1.54) is 20.5 Å². The Morgan fingerprint density at radius 1 is 1.15 bits per heavy atom. The van der Waals surface area contributed by atoms with Gasteiger partial charge in [-0.2, -0.15) is 0 Å². The zero-order chi connectivity index (χ0) is 14.4. The van der Waals surface area contributed by atoms with Crippen LogP contribution in [0, 0.1) is 12.8 Å². The molecule has 20 heavy (non-hydrogen) atoms. The molecule has 2 rings (SSSR count). The normalized spacial score (nSPS) is 12.6. The SMILES string of the molecule is CCNCC(Cc1ccc(C)cc1)Cc1sccc1Br. The van der Waals surface area contributed by atoms with Crippen LogP contribution in [-0.2, 0) is 12.8 Å². The summed E-state index contributed by atoms with van der Waals surface area (Å²) in [7, 11) is 0. The maximum atomic E-state index is 3.65. The highest BCUT2D eigenvalue weighted by atomic mass is 79.9. The highest BCUT2D eigenvalue weighted by molar-refractivity contribution is 9.10. The fourth-order valence-electron chi connectivity index (χ4n) is 2.36. The van der Waals surface area contributed by atoms with E-state index in [4.69, 9.17) is 0 Å². The summed E-state index contributed by atoms with van der Waals surface area (Å²) in [6.45, 7) is 6.43. The van der Waals surface area contributed by atoms with Crippen molar-refractivity contribution in [2.24, 2.45) is 5.92 Å². The van der Waals surface area contributed by atoms with E-state index in [1.54, 1.807) is 0 Å². The molecular weight excluding hydrogens is 330 g/mol. The third kappa shape index (κ3) is 4.72. The van der Waals surface area contributed by atoms with Gasteiger partial charge in [0.2, 0.25) is 0 Å². The Hall–Kier alpha value is -0.640. The lowest BCUT2D eigenvalue weighted by atomic mass is 9.95. The van der Waals surface area contributed by atoms with Crippen LogP contribution >= 0.6 is 27.3 Å². The minimum absolute atomic E-state index is 0.646. The second-order valence-corrected chi connectivity index (χ2v) is 7.11. The van der Waals surface area contributed by atoms with Crippen molar-refractivity contribution in [1.29, 1.82) is 0 Å². The topological polar surface area (TPSA) is 12.0 Å². The van der Waals surface area contributed by atoms with Gasteiger partial charge in [-0.25, -0.2) is 0 Å². The average molecular weight is 352 g/mol. The van der Waals surface area contributed by atoms with E-state index in [0.717, 1.165) is 25.9 Å². The van der Waals surface area contributed by atoms with Crippen LogP contribution in [0.3, 0.4) is 0 Å². The molecule has 1 N–H and O–H groups in total. The van der Waals surface area contributed by atoms with E-state index in [2.05, 4.69) is 70.8 Å². The summed E-state index contributed by atoms with van der Waals surface area (Å²) in [5, 5.41) is 5.66. The summed E-state index contributed by atoms with van der Waals surface area (Å²) in [4.78, 5) is 1.46. The monoisotopic (exact) mass is 351 g/mol. The van der Waals surface area contributed by atoms with Gasteiger partial charge in [0, 0.05) is 9.35 Å². The number of rotatable bonds is 7. The molecule has 0 amide bonds. The molecule has 2 aromatic rings. The van der Waals surface area contributed by atoms with E-state index in [9.17, 15) is 0 Å². The summed E-state index contributed by atoms with van der Waals surface area (Å²) >= 11 is 5.50. The zero-order valence-electron chi connectivity index (χ0n) is 12.2. The van der Waals surface area contributed by atoms with E-state index in [1.807, 2.05) is 11.3 Å². The highest BCUT2D eigenvalue weighted by Crippen LogP contribution is 2.26. The van der Waals surface area contributed by atoms with Crippen molar-refractivity contribution in [2.75, 3.05) is 13.1 Å². The molecule has 1 aromatic heterocycles. The minimum atomic E-state index is 0.646. The van der Waals surface area contributed by atoms with Crippen molar-refractivity contribution in [1.82, 2.24) is 5.32 Å². The number of aryl methyl sites for hydroxylation is 1. The fraction of sp³-hybridized carbons (Fsp3) is 0.412. The maximum absolute atomic E-state index is 3.65. The maximum Gasteiger partial charge on any atom is 0.0314 e. The van der Waals surface area contributed by atoms with Gasteiger partial charge in [-0.1, -0.05) is 36.8 Å². The van der Waals surface area contributed by atoms with Gasteiger partial charge < -0.3 is 5.32 Å². The van der Waals surface area contributed by atoms with Crippen molar-refractivity contribution in [2.45, 2.75) is 26.7 Å². The number of thiophene rings is 1. The highest BCUT2D eigenvalue weighted by Gasteiger charge is 2.13. The number of nitrogens with one attached hydrogen (secondary N) is 1. The molecule has 1 nitrogen and oxygen atoms in total. The Kier molecular flexibility index (Phi) is 6.27. The van der Waals surface area contributed by atoms with Crippen molar-refractivity contribution in [3.63, 3.8) is 0 Å². The first-order chi connectivity index (χ1) is 9.69. The van der Waals surface area contributed by atoms with Crippen LogP contribution in [0.1, 0.15) is 22.9 Å². The molecule has 1 unspecified atom stereocenters. The first-order valence-electron chi connectivity index (χ1n) is 7.17. The van der Waals surface area contributed by atoms with E-state index in [-0.39, 0.29) is 0 Å². The minimum Gasteiger partial charge on any atom is -0.317 e. The molecule has 1 aromatic carbocycles. The van der Waals surface area contributed by atoms with Crippen LogP contribution in [0.2, 0.25) is 0 Å². The summed E-state index contributed by atoms with van der Waals surface area (Å²) in [6, 6.07) is 11.1. The summed E-state index contributed by atoms with van der Waals surface area (Å²) < 4.78 is 1.26. The quantitative estimate of drug-likeness (QED) is 0.753. The molecule has 1 heterocycles. The van der Waals surface area contributed by atoms with Crippen LogP contribution in [0.4, 0.5) is 0 Å². The van der Waals surface area contributed by atoms with Crippen molar-refractivity contribution in [3.8, 4) is 0 Å². The zero-order valence-corrected chi connectivity index (χ0v) is 14.6. The molecule has 0 saturated carbocycles. The number of benzene rings is 1. The molecule has 0 aliphatic heterocycles.